The third kappa shape index (κ3) is 6.60. The van der Waals surface area contributed by atoms with Crippen molar-refractivity contribution in [2.45, 2.75) is 19.1 Å². The summed E-state index contributed by atoms with van der Waals surface area (Å²) in [4.78, 5) is 20.2. The predicted molar refractivity (Wildman–Crippen MR) is 124 cm³/mol. The Balaban J connectivity index is 1.30. The molecule has 0 radical (unpaired) electrons. The van der Waals surface area contributed by atoms with E-state index in [9.17, 15) is 18.0 Å². The number of halogens is 4. The van der Waals surface area contributed by atoms with Crippen LogP contribution >= 0.6 is 11.6 Å². The van der Waals surface area contributed by atoms with E-state index < -0.39 is 17.4 Å². The van der Waals surface area contributed by atoms with Gasteiger partial charge in [-0.3, -0.25) is 9.55 Å². The van der Waals surface area contributed by atoms with E-state index in [1.807, 2.05) is 6.07 Å². The molecule has 0 unspecified atom stereocenters. The van der Waals surface area contributed by atoms with Crippen LogP contribution in [0.2, 0.25) is 5.02 Å². The topological polar surface area (TPSA) is 66.2 Å². The maximum absolute atomic E-state index is 13.0. The summed E-state index contributed by atoms with van der Waals surface area (Å²) in [5.74, 6) is 0.631. The number of nitrogens with zero attached hydrogens (tertiary/aromatic N) is 3. The van der Waals surface area contributed by atoms with E-state index in [-0.39, 0.29) is 23.3 Å². The molecule has 0 spiro atoms. The van der Waals surface area contributed by atoms with E-state index in [0.717, 1.165) is 23.3 Å². The van der Waals surface area contributed by atoms with Gasteiger partial charge in [0.2, 0.25) is 5.88 Å². The van der Waals surface area contributed by atoms with Crippen LogP contribution in [0.4, 0.5) is 13.2 Å². The molecule has 0 fully saturated rings. The van der Waals surface area contributed by atoms with Crippen LogP contribution in [0, 0.1) is 0 Å². The van der Waals surface area contributed by atoms with Gasteiger partial charge >= 0.3 is 11.9 Å². The monoisotopic (exact) mass is 501 g/mol. The van der Waals surface area contributed by atoms with Crippen molar-refractivity contribution in [3.8, 4) is 17.4 Å². The zero-order valence-electron chi connectivity index (χ0n) is 18.2. The minimum absolute atomic E-state index is 0.0298. The first kappa shape index (κ1) is 24.3. The van der Waals surface area contributed by atoms with E-state index in [1.54, 1.807) is 55.0 Å². The summed E-state index contributed by atoms with van der Waals surface area (Å²) >= 11 is 5.63. The standard InChI is InChI=1S/C25H19ClF3N3O3/c26-22-8-7-20(14-21(22)25(27,28)29)35-19-5-3-17(4-6-19)10-13-34-23-9-12-32(24(33)31-23)16-18-2-1-11-30-15-18/h1-9,11-12,14-15H,10,13,16H2. The van der Waals surface area contributed by atoms with Gasteiger partial charge in [0.05, 0.1) is 23.7 Å². The van der Waals surface area contributed by atoms with Gasteiger partial charge in [-0.2, -0.15) is 18.2 Å². The molecule has 10 heteroatoms. The molecule has 0 aliphatic heterocycles. The summed E-state index contributed by atoms with van der Waals surface area (Å²) in [6.07, 6.45) is 0.919. The average molecular weight is 502 g/mol. The number of aromatic nitrogens is 3. The Hall–Kier alpha value is -3.85. The second kappa shape index (κ2) is 10.6. The van der Waals surface area contributed by atoms with Crippen molar-refractivity contribution in [3.63, 3.8) is 0 Å². The van der Waals surface area contributed by atoms with Gasteiger partial charge in [0.25, 0.3) is 0 Å². The lowest BCUT2D eigenvalue weighted by molar-refractivity contribution is -0.137. The van der Waals surface area contributed by atoms with Crippen LogP contribution in [0.5, 0.6) is 17.4 Å². The van der Waals surface area contributed by atoms with Crippen LogP contribution in [0.3, 0.4) is 0 Å². The van der Waals surface area contributed by atoms with Gasteiger partial charge in [-0.15, -0.1) is 0 Å². The molecule has 0 atom stereocenters. The molecule has 6 nitrogen and oxygen atoms in total. The average Bonchev–Trinajstić information content (AvgIpc) is 2.83. The van der Waals surface area contributed by atoms with Crippen molar-refractivity contribution < 1.29 is 22.6 Å². The van der Waals surface area contributed by atoms with Crippen molar-refractivity contribution in [3.05, 3.63) is 111 Å². The summed E-state index contributed by atoms with van der Waals surface area (Å²) in [6, 6.07) is 15.5. The molecule has 0 saturated carbocycles. The maximum atomic E-state index is 13.0. The number of benzene rings is 2. The van der Waals surface area contributed by atoms with Gasteiger partial charge in [0.15, 0.2) is 0 Å². The van der Waals surface area contributed by atoms with Gasteiger partial charge in [0.1, 0.15) is 11.5 Å². The largest absolute Gasteiger partial charge is 0.477 e. The highest BCUT2D eigenvalue weighted by Crippen LogP contribution is 2.37. The SMILES string of the molecule is O=c1nc(OCCc2ccc(Oc3ccc(Cl)c(C(F)(F)F)c3)cc2)ccn1Cc1cccnc1. The molecule has 0 aliphatic carbocycles. The highest BCUT2D eigenvalue weighted by Gasteiger charge is 2.33. The molecule has 4 rings (SSSR count). The Morgan fingerprint density at radius 2 is 1.74 bits per heavy atom. The molecule has 0 saturated heterocycles. The van der Waals surface area contributed by atoms with E-state index in [4.69, 9.17) is 21.1 Å². The fraction of sp³-hybridized carbons (Fsp3) is 0.160. The van der Waals surface area contributed by atoms with Crippen molar-refractivity contribution in [2.24, 2.45) is 0 Å². The lowest BCUT2D eigenvalue weighted by Crippen LogP contribution is -2.23. The third-order valence-electron chi connectivity index (χ3n) is 4.97. The Labute approximate surface area is 203 Å². The molecule has 35 heavy (non-hydrogen) atoms. The Bertz CT molecular complexity index is 1340. The molecule has 2 aromatic heterocycles. The fourth-order valence-electron chi connectivity index (χ4n) is 3.22. The molecule has 4 aromatic rings. The first-order valence-electron chi connectivity index (χ1n) is 10.5. The highest BCUT2D eigenvalue weighted by molar-refractivity contribution is 6.31. The number of alkyl halides is 3. The summed E-state index contributed by atoms with van der Waals surface area (Å²) in [6.45, 7) is 0.646. The summed E-state index contributed by atoms with van der Waals surface area (Å²) < 4.78 is 51.6. The lowest BCUT2D eigenvalue weighted by Gasteiger charge is -2.12. The number of hydrogen-bond donors (Lipinski definition) is 0. The number of pyridine rings is 1. The van der Waals surface area contributed by atoms with Crippen LogP contribution in [0.1, 0.15) is 16.7 Å². The van der Waals surface area contributed by atoms with Gasteiger partial charge < -0.3 is 9.47 Å². The van der Waals surface area contributed by atoms with Gasteiger partial charge in [-0.1, -0.05) is 29.8 Å². The second-order valence-corrected chi connectivity index (χ2v) is 7.93. The molecule has 0 N–H and O–H groups in total. The molecular weight excluding hydrogens is 483 g/mol. The zero-order chi connectivity index (χ0) is 24.8. The van der Waals surface area contributed by atoms with Crippen molar-refractivity contribution in [1.29, 1.82) is 0 Å². The van der Waals surface area contributed by atoms with E-state index in [1.165, 1.54) is 10.6 Å². The number of hydrogen-bond acceptors (Lipinski definition) is 5. The lowest BCUT2D eigenvalue weighted by atomic mass is 10.1. The molecule has 0 aliphatic rings. The first-order chi connectivity index (χ1) is 16.8. The Kier molecular flexibility index (Phi) is 7.36. The van der Waals surface area contributed by atoms with Crippen molar-refractivity contribution >= 4 is 11.6 Å². The number of rotatable bonds is 8. The molecule has 2 heterocycles. The predicted octanol–water partition coefficient (Wildman–Crippen LogP) is 5.77. The van der Waals surface area contributed by atoms with E-state index in [0.29, 0.717) is 18.7 Å². The minimum Gasteiger partial charge on any atom is -0.477 e. The summed E-state index contributed by atoms with van der Waals surface area (Å²) in [5.41, 5.74) is 0.413. The summed E-state index contributed by atoms with van der Waals surface area (Å²) in [7, 11) is 0. The van der Waals surface area contributed by atoms with Crippen LogP contribution in [0.15, 0.2) is 84.0 Å². The van der Waals surface area contributed by atoms with Crippen LogP contribution < -0.4 is 15.2 Å². The molecule has 0 bridgehead atoms. The highest BCUT2D eigenvalue weighted by atomic mass is 35.5. The molecule has 180 valence electrons. The first-order valence-corrected chi connectivity index (χ1v) is 10.9. The van der Waals surface area contributed by atoms with Crippen LogP contribution in [-0.2, 0) is 19.1 Å². The third-order valence-corrected chi connectivity index (χ3v) is 5.30. The maximum Gasteiger partial charge on any atom is 0.417 e. The molecular formula is C25H19ClF3N3O3. The van der Waals surface area contributed by atoms with Crippen molar-refractivity contribution in [1.82, 2.24) is 14.5 Å². The fourth-order valence-corrected chi connectivity index (χ4v) is 3.45. The van der Waals surface area contributed by atoms with Crippen LogP contribution in [0.25, 0.3) is 0 Å². The minimum atomic E-state index is -4.57. The van der Waals surface area contributed by atoms with Crippen LogP contribution in [-0.4, -0.2) is 21.1 Å². The Morgan fingerprint density at radius 1 is 0.971 bits per heavy atom. The van der Waals surface area contributed by atoms with E-state index in [2.05, 4.69) is 9.97 Å². The summed E-state index contributed by atoms with van der Waals surface area (Å²) in [5, 5.41) is -0.388. The van der Waals surface area contributed by atoms with Gasteiger partial charge in [-0.25, -0.2) is 4.79 Å². The molecule has 0 amide bonds. The zero-order valence-corrected chi connectivity index (χ0v) is 19.0. The van der Waals surface area contributed by atoms with Gasteiger partial charge in [0, 0.05) is 31.1 Å². The van der Waals surface area contributed by atoms with Gasteiger partial charge in [-0.05, 0) is 47.5 Å². The van der Waals surface area contributed by atoms with Crippen molar-refractivity contribution in [2.75, 3.05) is 6.61 Å². The quantitative estimate of drug-likeness (QED) is 0.306. The smallest absolute Gasteiger partial charge is 0.417 e. The Morgan fingerprint density at radius 3 is 2.43 bits per heavy atom. The molecule has 2 aromatic carbocycles. The second-order valence-electron chi connectivity index (χ2n) is 7.52. The normalized spacial score (nSPS) is 11.3. The number of ether oxygens (including phenoxy) is 2. The van der Waals surface area contributed by atoms with E-state index >= 15 is 0 Å².